The second kappa shape index (κ2) is 4.50. The standard InChI is InChI=1S/C10H16ClF3O/c1-5-3-8(11)7(4-9(5)15)6(2)10(12,13)14/h5-9,15H,3-4H2,1-2H3. The summed E-state index contributed by atoms with van der Waals surface area (Å²) in [6, 6.07) is 0. The topological polar surface area (TPSA) is 20.2 Å². The van der Waals surface area contributed by atoms with E-state index in [4.69, 9.17) is 11.6 Å². The van der Waals surface area contributed by atoms with Crippen LogP contribution in [-0.4, -0.2) is 22.8 Å². The molecule has 0 aromatic rings. The summed E-state index contributed by atoms with van der Waals surface area (Å²) in [5, 5.41) is 9.07. The minimum Gasteiger partial charge on any atom is -0.393 e. The monoisotopic (exact) mass is 244 g/mol. The molecule has 0 aromatic carbocycles. The van der Waals surface area contributed by atoms with Crippen molar-refractivity contribution in [2.24, 2.45) is 17.8 Å². The average molecular weight is 245 g/mol. The number of alkyl halides is 4. The van der Waals surface area contributed by atoms with E-state index in [1.165, 1.54) is 0 Å². The molecule has 0 heterocycles. The first-order valence-electron chi connectivity index (χ1n) is 5.12. The third-order valence-electron chi connectivity index (χ3n) is 3.39. The van der Waals surface area contributed by atoms with Crippen LogP contribution in [0.4, 0.5) is 13.2 Å². The van der Waals surface area contributed by atoms with Crippen LogP contribution in [0.15, 0.2) is 0 Å². The number of rotatable bonds is 1. The average Bonchev–Trinajstić information content (AvgIpc) is 2.08. The van der Waals surface area contributed by atoms with E-state index in [-0.39, 0.29) is 12.3 Å². The fourth-order valence-electron chi connectivity index (χ4n) is 2.11. The molecule has 0 aromatic heterocycles. The highest BCUT2D eigenvalue weighted by atomic mass is 35.5. The molecule has 0 radical (unpaired) electrons. The Morgan fingerprint density at radius 2 is 1.87 bits per heavy atom. The van der Waals surface area contributed by atoms with E-state index in [0.29, 0.717) is 6.42 Å². The fourth-order valence-corrected chi connectivity index (χ4v) is 2.71. The second-order valence-corrected chi connectivity index (χ2v) is 5.09. The third-order valence-corrected chi connectivity index (χ3v) is 3.89. The van der Waals surface area contributed by atoms with Crippen LogP contribution in [0.1, 0.15) is 26.7 Å². The van der Waals surface area contributed by atoms with Gasteiger partial charge in [-0.25, -0.2) is 0 Å². The van der Waals surface area contributed by atoms with Crippen LogP contribution in [-0.2, 0) is 0 Å². The summed E-state index contributed by atoms with van der Waals surface area (Å²) < 4.78 is 37.5. The highest BCUT2D eigenvalue weighted by Crippen LogP contribution is 2.42. The minimum atomic E-state index is -4.22. The Kier molecular flexibility index (Phi) is 3.93. The zero-order valence-electron chi connectivity index (χ0n) is 8.76. The molecule has 0 bridgehead atoms. The summed E-state index contributed by atoms with van der Waals surface area (Å²) in [4.78, 5) is 0. The van der Waals surface area contributed by atoms with Gasteiger partial charge >= 0.3 is 6.18 Å². The lowest BCUT2D eigenvalue weighted by atomic mass is 9.75. The van der Waals surface area contributed by atoms with E-state index in [2.05, 4.69) is 0 Å². The van der Waals surface area contributed by atoms with Gasteiger partial charge in [0.05, 0.1) is 12.0 Å². The van der Waals surface area contributed by atoms with Crippen molar-refractivity contribution >= 4 is 11.6 Å². The maximum absolute atomic E-state index is 12.5. The third kappa shape index (κ3) is 3.00. The smallest absolute Gasteiger partial charge is 0.391 e. The van der Waals surface area contributed by atoms with Crippen LogP contribution in [0.2, 0.25) is 0 Å². The number of aliphatic hydroxyl groups excluding tert-OH is 1. The molecule has 0 spiro atoms. The van der Waals surface area contributed by atoms with E-state index < -0.39 is 29.5 Å². The van der Waals surface area contributed by atoms with Crippen LogP contribution < -0.4 is 0 Å². The molecule has 5 unspecified atom stereocenters. The maximum atomic E-state index is 12.5. The van der Waals surface area contributed by atoms with Crippen molar-refractivity contribution in [2.45, 2.75) is 44.3 Å². The number of halogens is 4. The van der Waals surface area contributed by atoms with Crippen molar-refractivity contribution in [3.63, 3.8) is 0 Å². The van der Waals surface area contributed by atoms with Gasteiger partial charge in [0, 0.05) is 5.38 Å². The first-order valence-corrected chi connectivity index (χ1v) is 5.56. The van der Waals surface area contributed by atoms with Crippen molar-refractivity contribution in [1.82, 2.24) is 0 Å². The fraction of sp³-hybridized carbons (Fsp3) is 1.00. The van der Waals surface area contributed by atoms with Crippen LogP contribution in [0.5, 0.6) is 0 Å². The Labute approximate surface area is 92.6 Å². The van der Waals surface area contributed by atoms with Crippen molar-refractivity contribution in [3.05, 3.63) is 0 Å². The first kappa shape index (κ1) is 13.1. The molecule has 90 valence electrons. The molecule has 1 aliphatic carbocycles. The molecule has 0 saturated heterocycles. The molecule has 1 rings (SSSR count). The highest BCUT2D eigenvalue weighted by Gasteiger charge is 2.46. The zero-order valence-corrected chi connectivity index (χ0v) is 9.52. The van der Waals surface area contributed by atoms with Crippen LogP contribution in [0, 0.1) is 17.8 Å². The van der Waals surface area contributed by atoms with Gasteiger partial charge in [-0.1, -0.05) is 13.8 Å². The van der Waals surface area contributed by atoms with Gasteiger partial charge in [0.15, 0.2) is 0 Å². The molecule has 1 nitrogen and oxygen atoms in total. The molecule has 1 aliphatic rings. The van der Waals surface area contributed by atoms with Gasteiger partial charge in [0.1, 0.15) is 0 Å². The number of hydrogen-bond donors (Lipinski definition) is 1. The van der Waals surface area contributed by atoms with Crippen molar-refractivity contribution in [2.75, 3.05) is 0 Å². The Morgan fingerprint density at radius 1 is 1.33 bits per heavy atom. The molecular formula is C10H16ClF3O. The molecule has 15 heavy (non-hydrogen) atoms. The van der Waals surface area contributed by atoms with E-state index in [0.717, 1.165) is 6.92 Å². The molecular weight excluding hydrogens is 229 g/mol. The Balaban J connectivity index is 2.70. The van der Waals surface area contributed by atoms with Crippen LogP contribution >= 0.6 is 11.6 Å². The summed E-state index contributed by atoms with van der Waals surface area (Å²) in [6.07, 6.45) is -4.28. The van der Waals surface area contributed by atoms with E-state index >= 15 is 0 Å². The maximum Gasteiger partial charge on any atom is 0.391 e. The van der Waals surface area contributed by atoms with Crippen molar-refractivity contribution < 1.29 is 18.3 Å². The second-order valence-electron chi connectivity index (χ2n) is 4.53. The van der Waals surface area contributed by atoms with Gasteiger partial charge in [-0.2, -0.15) is 13.2 Å². The molecule has 0 amide bonds. The van der Waals surface area contributed by atoms with E-state index in [9.17, 15) is 18.3 Å². The van der Waals surface area contributed by atoms with E-state index in [1.807, 2.05) is 6.92 Å². The number of aliphatic hydroxyl groups is 1. The van der Waals surface area contributed by atoms with Crippen molar-refractivity contribution in [1.29, 1.82) is 0 Å². The van der Waals surface area contributed by atoms with Gasteiger partial charge in [-0.15, -0.1) is 11.6 Å². The lowest BCUT2D eigenvalue weighted by Crippen LogP contribution is -2.41. The molecule has 1 N–H and O–H groups in total. The van der Waals surface area contributed by atoms with Gasteiger partial charge in [-0.05, 0) is 24.7 Å². The normalized spacial score (nSPS) is 40.2. The van der Waals surface area contributed by atoms with Gasteiger partial charge < -0.3 is 5.11 Å². The SMILES string of the molecule is CC1CC(Cl)C(C(C)C(F)(F)F)CC1O. The quantitative estimate of drug-likeness (QED) is 0.703. The summed E-state index contributed by atoms with van der Waals surface area (Å²) in [6.45, 7) is 2.96. The summed E-state index contributed by atoms with van der Waals surface area (Å²) in [7, 11) is 0. The molecule has 1 saturated carbocycles. The Hall–Kier alpha value is 0.0400. The lowest BCUT2D eigenvalue weighted by Gasteiger charge is -2.38. The Morgan fingerprint density at radius 3 is 2.33 bits per heavy atom. The predicted molar refractivity (Wildman–Crippen MR) is 52.8 cm³/mol. The predicted octanol–water partition coefficient (Wildman–Crippen LogP) is 3.20. The first-order chi connectivity index (χ1) is 6.73. The molecule has 5 heteroatoms. The van der Waals surface area contributed by atoms with Gasteiger partial charge in [-0.3, -0.25) is 0 Å². The summed E-state index contributed by atoms with van der Waals surface area (Å²) in [5.74, 6) is -2.12. The molecule has 5 atom stereocenters. The van der Waals surface area contributed by atoms with Crippen molar-refractivity contribution in [3.8, 4) is 0 Å². The summed E-state index contributed by atoms with van der Waals surface area (Å²) >= 11 is 5.93. The Bertz CT molecular complexity index is 219. The van der Waals surface area contributed by atoms with Crippen LogP contribution in [0.3, 0.4) is 0 Å². The minimum absolute atomic E-state index is 0.0100. The molecule has 0 aliphatic heterocycles. The number of hydrogen-bond acceptors (Lipinski definition) is 1. The molecule has 1 fully saturated rings. The van der Waals surface area contributed by atoms with Gasteiger partial charge in [0.25, 0.3) is 0 Å². The zero-order chi connectivity index (χ0) is 11.8. The van der Waals surface area contributed by atoms with Gasteiger partial charge in [0.2, 0.25) is 0 Å². The summed E-state index contributed by atoms with van der Waals surface area (Å²) in [5.41, 5.74) is 0. The largest absolute Gasteiger partial charge is 0.393 e. The highest BCUT2D eigenvalue weighted by molar-refractivity contribution is 6.20. The lowest BCUT2D eigenvalue weighted by molar-refractivity contribution is -0.189. The van der Waals surface area contributed by atoms with Crippen LogP contribution in [0.25, 0.3) is 0 Å². The van der Waals surface area contributed by atoms with E-state index in [1.54, 1.807) is 0 Å².